The number of carbonyl (C=O) groups is 1. The van der Waals surface area contributed by atoms with Crippen LogP contribution in [0.3, 0.4) is 0 Å². The van der Waals surface area contributed by atoms with Crippen LogP contribution in [0.25, 0.3) is 16.3 Å². The highest BCUT2D eigenvalue weighted by atomic mass is 16.5. The van der Waals surface area contributed by atoms with Crippen molar-refractivity contribution in [2.24, 2.45) is 5.41 Å². The molecule has 2 nitrogen and oxygen atoms in total. The molecule has 0 amide bonds. The van der Waals surface area contributed by atoms with Gasteiger partial charge in [-0.2, -0.15) is 0 Å². The Morgan fingerprint density at radius 1 is 1.19 bits per heavy atom. The van der Waals surface area contributed by atoms with Crippen LogP contribution in [-0.4, -0.2) is 12.9 Å². The topological polar surface area (TPSA) is 26.3 Å². The second-order valence-corrected chi connectivity index (χ2v) is 6.44. The minimum atomic E-state index is 0.0459. The van der Waals surface area contributed by atoms with Gasteiger partial charge in [0.2, 0.25) is 0 Å². The molecule has 2 heteroatoms. The summed E-state index contributed by atoms with van der Waals surface area (Å²) < 4.78 is 5.31. The molecule has 0 bridgehead atoms. The van der Waals surface area contributed by atoms with Crippen LogP contribution in [0.5, 0.6) is 5.75 Å². The van der Waals surface area contributed by atoms with E-state index in [2.05, 4.69) is 31.2 Å². The van der Waals surface area contributed by atoms with E-state index < -0.39 is 0 Å². The summed E-state index contributed by atoms with van der Waals surface area (Å²) in [5, 5.41) is 2.50. The number of fused-ring (bicyclic) bond motifs is 5. The highest BCUT2D eigenvalue weighted by Gasteiger charge is 2.40. The number of hydrogen-bond donors (Lipinski definition) is 0. The SMILES string of the molecule is COc1ccc2c3c(ccc2c1)C1=CC(=O)C[C@@]1(C)CC3. The van der Waals surface area contributed by atoms with Crippen LogP contribution in [0.4, 0.5) is 0 Å². The highest BCUT2D eigenvalue weighted by Crippen LogP contribution is 2.51. The Labute approximate surface area is 124 Å². The predicted octanol–water partition coefficient (Wildman–Crippen LogP) is 4.16. The zero-order chi connectivity index (χ0) is 14.6. The van der Waals surface area contributed by atoms with E-state index in [1.54, 1.807) is 7.11 Å². The van der Waals surface area contributed by atoms with E-state index in [0.717, 1.165) is 18.6 Å². The molecule has 0 aliphatic heterocycles. The van der Waals surface area contributed by atoms with Gasteiger partial charge in [-0.1, -0.05) is 25.1 Å². The molecular weight excluding hydrogens is 260 g/mol. The molecule has 4 rings (SSSR count). The van der Waals surface area contributed by atoms with Crippen molar-refractivity contribution in [1.29, 1.82) is 0 Å². The summed E-state index contributed by atoms with van der Waals surface area (Å²) in [6.07, 6.45) is 4.64. The zero-order valence-corrected chi connectivity index (χ0v) is 12.4. The quantitative estimate of drug-likeness (QED) is 0.783. The molecule has 2 aliphatic rings. The van der Waals surface area contributed by atoms with E-state index in [9.17, 15) is 4.79 Å². The van der Waals surface area contributed by atoms with Crippen LogP contribution in [-0.2, 0) is 11.2 Å². The van der Waals surface area contributed by atoms with Crippen molar-refractivity contribution in [3.05, 3.63) is 47.5 Å². The van der Waals surface area contributed by atoms with Crippen LogP contribution in [0.1, 0.15) is 30.9 Å². The minimum absolute atomic E-state index is 0.0459. The van der Waals surface area contributed by atoms with Gasteiger partial charge in [0.1, 0.15) is 5.75 Å². The third-order valence-electron chi connectivity index (χ3n) is 5.08. The van der Waals surface area contributed by atoms with E-state index in [0.29, 0.717) is 6.42 Å². The van der Waals surface area contributed by atoms with Crippen molar-refractivity contribution in [3.8, 4) is 5.75 Å². The number of hydrogen-bond acceptors (Lipinski definition) is 2. The van der Waals surface area contributed by atoms with Gasteiger partial charge in [-0.15, -0.1) is 0 Å². The number of ketones is 1. The average Bonchev–Trinajstić information content (AvgIpc) is 2.80. The summed E-state index contributed by atoms with van der Waals surface area (Å²) in [7, 11) is 1.69. The molecule has 0 heterocycles. The lowest BCUT2D eigenvalue weighted by atomic mass is 9.69. The molecule has 2 aliphatic carbocycles. The Hall–Kier alpha value is -2.09. The largest absolute Gasteiger partial charge is 0.497 e. The number of carbonyl (C=O) groups excluding carboxylic acids is 1. The number of ether oxygens (including phenoxy) is 1. The maximum Gasteiger partial charge on any atom is 0.156 e. The molecule has 21 heavy (non-hydrogen) atoms. The molecule has 0 radical (unpaired) electrons. The summed E-state index contributed by atoms with van der Waals surface area (Å²) in [6, 6.07) is 10.6. The Morgan fingerprint density at radius 2 is 2.05 bits per heavy atom. The Bertz CT molecular complexity index is 801. The van der Waals surface area contributed by atoms with Gasteiger partial charge in [0, 0.05) is 11.8 Å². The number of benzene rings is 2. The second kappa shape index (κ2) is 4.20. The molecule has 1 atom stereocenters. The molecule has 0 saturated heterocycles. The number of rotatable bonds is 1. The van der Waals surface area contributed by atoms with Gasteiger partial charge >= 0.3 is 0 Å². The summed E-state index contributed by atoms with van der Waals surface area (Å²) >= 11 is 0. The maximum absolute atomic E-state index is 11.9. The summed E-state index contributed by atoms with van der Waals surface area (Å²) in [6.45, 7) is 2.23. The first-order valence-electron chi connectivity index (χ1n) is 7.46. The predicted molar refractivity (Wildman–Crippen MR) is 84.5 cm³/mol. The normalized spacial score (nSPS) is 23.7. The average molecular weight is 278 g/mol. The maximum atomic E-state index is 11.9. The lowest BCUT2D eigenvalue weighted by Gasteiger charge is -2.34. The molecule has 2 aromatic carbocycles. The minimum Gasteiger partial charge on any atom is -0.497 e. The first kappa shape index (κ1) is 12.6. The lowest BCUT2D eigenvalue weighted by molar-refractivity contribution is -0.115. The van der Waals surface area contributed by atoms with Crippen molar-refractivity contribution in [2.75, 3.05) is 7.11 Å². The van der Waals surface area contributed by atoms with Gasteiger partial charge in [0.15, 0.2) is 5.78 Å². The smallest absolute Gasteiger partial charge is 0.156 e. The molecule has 0 fully saturated rings. The zero-order valence-electron chi connectivity index (χ0n) is 12.4. The van der Waals surface area contributed by atoms with Gasteiger partial charge < -0.3 is 4.74 Å². The number of methoxy groups -OCH3 is 1. The Kier molecular flexibility index (Phi) is 2.53. The third kappa shape index (κ3) is 1.75. The van der Waals surface area contributed by atoms with E-state index in [1.807, 2.05) is 12.1 Å². The Morgan fingerprint density at radius 3 is 2.86 bits per heavy atom. The van der Waals surface area contributed by atoms with Gasteiger partial charge in [-0.05, 0) is 58.5 Å². The first-order valence-corrected chi connectivity index (χ1v) is 7.46. The van der Waals surface area contributed by atoms with Crippen molar-refractivity contribution in [2.45, 2.75) is 26.2 Å². The second-order valence-electron chi connectivity index (χ2n) is 6.44. The summed E-state index contributed by atoms with van der Waals surface area (Å²) in [5.41, 5.74) is 3.94. The molecule has 2 aromatic rings. The van der Waals surface area contributed by atoms with Gasteiger partial charge in [-0.3, -0.25) is 4.79 Å². The fraction of sp³-hybridized carbons (Fsp3) is 0.316. The van der Waals surface area contributed by atoms with Crippen LogP contribution in [0.15, 0.2) is 36.4 Å². The Balaban J connectivity index is 1.96. The molecule has 106 valence electrons. The van der Waals surface area contributed by atoms with Crippen molar-refractivity contribution < 1.29 is 9.53 Å². The van der Waals surface area contributed by atoms with E-state index in [4.69, 9.17) is 4.74 Å². The fourth-order valence-electron chi connectivity index (χ4n) is 3.91. The summed E-state index contributed by atoms with van der Waals surface area (Å²) in [4.78, 5) is 11.9. The molecule has 0 N–H and O–H groups in total. The van der Waals surface area contributed by atoms with Gasteiger partial charge in [-0.25, -0.2) is 0 Å². The fourth-order valence-corrected chi connectivity index (χ4v) is 3.91. The van der Waals surface area contributed by atoms with Gasteiger partial charge in [0.25, 0.3) is 0 Å². The van der Waals surface area contributed by atoms with Crippen LogP contribution in [0.2, 0.25) is 0 Å². The molecule has 0 unspecified atom stereocenters. The van der Waals surface area contributed by atoms with Crippen molar-refractivity contribution in [1.82, 2.24) is 0 Å². The monoisotopic (exact) mass is 278 g/mol. The van der Waals surface area contributed by atoms with Crippen LogP contribution in [0, 0.1) is 5.41 Å². The molecule has 0 saturated carbocycles. The van der Waals surface area contributed by atoms with E-state index >= 15 is 0 Å². The van der Waals surface area contributed by atoms with Crippen LogP contribution >= 0.6 is 0 Å². The first-order chi connectivity index (χ1) is 10.1. The standard InChI is InChI=1S/C19H18O2/c1-19-8-7-16-15-6-4-14(21-2)9-12(15)3-5-17(16)18(19)10-13(20)11-19/h3-6,9-10H,7-8,11H2,1-2H3/t19-/m1/s1. The van der Waals surface area contributed by atoms with Gasteiger partial charge in [0.05, 0.1) is 7.11 Å². The number of allylic oxidation sites excluding steroid dienone is 2. The third-order valence-corrected chi connectivity index (χ3v) is 5.08. The highest BCUT2D eigenvalue weighted by molar-refractivity contribution is 6.06. The summed E-state index contributed by atoms with van der Waals surface area (Å²) in [5.74, 6) is 1.16. The van der Waals surface area contributed by atoms with E-state index in [1.165, 1.54) is 27.5 Å². The number of aryl methyl sites for hydroxylation is 1. The molecular formula is C19H18O2. The van der Waals surface area contributed by atoms with Crippen molar-refractivity contribution in [3.63, 3.8) is 0 Å². The molecule has 0 aromatic heterocycles. The lowest BCUT2D eigenvalue weighted by Crippen LogP contribution is -2.22. The molecule has 0 spiro atoms. The van der Waals surface area contributed by atoms with E-state index in [-0.39, 0.29) is 11.2 Å². The van der Waals surface area contributed by atoms with Crippen molar-refractivity contribution >= 4 is 22.1 Å². The van der Waals surface area contributed by atoms with Crippen LogP contribution < -0.4 is 4.74 Å².